The van der Waals surface area contributed by atoms with Crippen molar-refractivity contribution in [1.29, 1.82) is 0 Å². The van der Waals surface area contributed by atoms with Crippen LogP contribution in [0, 0.1) is 0 Å². The first kappa shape index (κ1) is 48.5. The number of carbonyl (C=O) groups is 3. The highest BCUT2D eigenvalue weighted by Crippen LogP contribution is 2.08. The molecule has 0 aromatic carbocycles. The third-order valence-electron chi connectivity index (χ3n) is 7.26. The van der Waals surface area contributed by atoms with Crippen LogP contribution in [0.1, 0.15) is 124 Å². The van der Waals surface area contributed by atoms with Gasteiger partial charge >= 0.3 is 17.9 Å². The Bertz CT molecular complexity index is 1250. The molecule has 6 heteroatoms. The molecule has 0 aliphatic carbocycles. The summed E-state index contributed by atoms with van der Waals surface area (Å²) in [4.78, 5) is 37.5. The lowest BCUT2D eigenvalue weighted by Gasteiger charge is -2.18. The Morgan fingerprint density at radius 3 is 1.17 bits per heavy atom. The molecule has 0 spiro atoms. The highest BCUT2D eigenvalue weighted by molar-refractivity contribution is 5.71. The number of hydrogen-bond donors (Lipinski definition) is 0. The fourth-order valence-electron chi connectivity index (χ4n) is 4.40. The van der Waals surface area contributed by atoms with Crippen LogP contribution in [0.3, 0.4) is 0 Å². The SMILES string of the molecule is CC\C=C/C=C\C=C/C=C\C=C/CCCC(=O)OCC(COC(=O)CCC/C=C\C/C=C\C/C=C\CC)OC(=O)CCC/C=C\C/C=C\C/C=C\CC. The molecule has 0 radical (unpaired) electrons. The minimum Gasteiger partial charge on any atom is -0.462 e. The zero-order valence-corrected chi connectivity index (χ0v) is 33.0. The van der Waals surface area contributed by atoms with Crippen LogP contribution >= 0.6 is 0 Å². The van der Waals surface area contributed by atoms with Crippen LogP contribution in [0.15, 0.2) is 134 Å². The van der Waals surface area contributed by atoms with E-state index >= 15 is 0 Å². The van der Waals surface area contributed by atoms with Gasteiger partial charge in [0, 0.05) is 19.3 Å². The number of hydrogen-bond acceptors (Lipinski definition) is 6. The summed E-state index contributed by atoms with van der Waals surface area (Å²) < 4.78 is 16.4. The Labute approximate surface area is 322 Å². The zero-order valence-electron chi connectivity index (χ0n) is 33.0. The Morgan fingerprint density at radius 2 is 0.736 bits per heavy atom. The lowest BCUT2D eigenvalue weighted by molar-refractivity contribution is -0.166. The molecule has 0 aromatic heterocycles. The van der Waals surface area contributed by atoms with Crippen LogP contribution in [0.4, 0.5) is 0 Å². The third-order valence-corrected chi connectivity index (χ3v) is 7.26. The average molecular weight is 729 g/mol. The van der Waals surface area contributed by atoms with Crippen molar-refractivity contribution in [2.75, 3.05) is 13.2 Å². The molecule has 0 heterocycles. The van der Waals surface area contributed by atoms with Crippen LogP contribution in [0.5, 0.6) is 0 Å². The number of esters is 3. The second kappa shape index (κ2) is 40.3. The van der Waals surface area contributed by atoms with Gasteiger partial charge in [0.05, 0.1) is 0 Å². The number of ether oxygens (including phenoxy) is 3. The first-order valence-electron chi connectivity index (χ1n) is 19.8. The van der Waals surface area contributed by atoms with Gasteiger partial charge in [-0.3, -0.25) is 14.4 Å². The molecule has 0 aliphatic heterocycles. The highest BCUT2D eigenvalue weighted by Gasteiger charge is 2.19. The highest BCUT2D eigenvalue weighted by atomic mass is 16.6. The van der Waals surface area contributed by atoms with Gasteiger partial charge in [-0.15, -0.1) is 0 Å². The zero-order chi connectivity index (χ0) is 38.7. The van der Waals surface area contributed by atoms with E-state index in [2.05, 4.69) is 99.8 Å². The van der Waals surface area contributed by atoms with E-state index in [1.807, 2.05) is 54.7 Å². The van der Waals surface area contributed by atoms with E-state index in [9.17, 15) is 14.4 Å². The minimum absolute atomic E-state index is 0.153. The molecular formula is C47H68O6. The number of rotatable bonds is 32. The van der Waals surface area contributed by atoms with Gasteiger partial charge in [0.25, 0.3) is 0 Å². The Morgan fingerprint density at radius 1 is 0.396 bits per heavy atom. The molecule has 0 saturated heterocycles. The van der Waals surface area contributed by atoms with Gasteiger partial charge in [-0.1, -0.05) is 154 Å². The lowest BCUT2D eigenvalue weighted by atomic mass is 10.2. The molecule has 0 amide bonds. The first-order valence-corrected chi connectivity index (χ1v) is 19.8. The molecule has 53 heavy (non-hydrogen) atoms. The van der Waals surface area contributed by atoms with E-state index in [0.29, 0.717) is 19.3 Å². The lowest BCUT2D eigenvalue weighted by Crippen LogP contribution is -2.30. The van der Waals surface area contributed by atoms with Crippen LogP contribution < -0.4 is 0 Å². The van der Waals surface area contributed by atoms with Crippen LogP contribution in [-0.4, -0.2) is 37.2 Å². The molecule has 1 atom stereocenters. The van der Waals surface area contributed by atoms with Crippen molar-refractivity contribution >= 4 is 17.9 Å². The summed E-state index contributed by atoms with van der Waals surface area (Å²) in [5.74, 6) is -1.16. The fourth-order valence-corrected chi connectivity index (χ4v) is 4.40. The third kappa shape index (κ3) is 38.6. The summed E-state index contributed by atoms with van der Waals surface area (Å²) in [5.41, 5.74) is 0. The maximum Gasteiger partial charge on any atom is 0.306 e. The number of allylic oxidation sites excluding steroid dienone is 22. The molecule has 0 aromatic rings. The van der Waals surface area contributed by atoms with E-state index in [-0.39, 0.29) is 44.4 Å². The normalized spacial score (nSPS) is 13.5. The maximum atomic E-state index is 12.6. The molecule has 0 fully saturated rings. The van der Waals surface area contributed by atoms with Crippen molar-refractivity contribution in [3.63, 3.8) is 0 Å². The number of carbonyl (C=O) groups excluding carboxylic acids is 3. The molecular weight excluding hydrogens is 661 g/mol. The van der Waals surface area contributed by atoms with Crippen LogP contribution in [0.25, 0.3) is 0 Å². The van der Waals surface area contributed by atoms with Crippen molar-refractivity contribution in [2.24, 2.45) is 0 Å². The Balaban J connectivity index is 4.69. The predicted molar refractivity (Wildman–Crippen MR) is 223 cm³/mol. The first-order chi connectivity index (χ1) is 26.0. The molecule has 0 saturated carbocycles. The fraction of sp³-hybridized carbons (Fsp3) is 0.468. The molecule has 1 unspecified atom stereocenters. The van der Waals surface area contributed by atoms with Crippen molar-refractivity contribution in [1.82, 2.24) is 0 Å². The quantitative estimate of drug-likeness (QED) is 0.0226. The minimum atomic E-state index is -0.854. The predicted octanol–water partition coefficient (Wildman–Crippen LogP) is 12.4. The molecule has 0 rings (SSSR count). The van der Waals surface area contributed by atoms with Gasteiger partial charge in [-0.2, -0.15) is 0 Å². The van der Waals surface area contributed by atoms with Gasteiger partial charge in [0.2, 0.25) is 0 Å². The van der Waals surface area contributed by atoms with E-state index in [1.54, 1.807) is 0 Å². The Kier molecular flexibility index (Phi) is 36.9. The Hall–Kier alpha value is -4.45. The summed E-state index contributed by atoms with van der Waals surface area (Å²) in [6, 6.07) is 0. The summed E-state index contributed by atoms with van der Waals surface area (Å²) in [7, 11) is 0. The van der Waals surface area contributed by atoms with E-state index in [4.69, 9.17) is 14.2 Å². The molecule has 6 nitrogen and oxygen atoms in total. The summed E-state index contributed by atoms with van der Waals surface area (Å²) in [5, 5.41) is 0. The topological polar surface area (TPSA) is 78.9 Å². The second-order valence-corrected chi connectivity index (χ2v) is 12.2. The van der Waals surface area contributed by atoms with Gasteiger partial charge in [-0.25, -0.2) is 0 Å². The largest absolute Gasteiger partial charge is 0.462 e. The standard InChI is InChI=1S/C47H68O6/c1-4-7-10-13-16-19-22-23-26-28-31-34-37-40-46(49)52-43-44(53-47(50)41-38-35-32-29-25-21-18-15-12-9-6-3)42-51-45(48)39-36-33-30-27-24-20-17-14-11-8-5-2/h7-13,16-23,26-32,44H,4-6,14-15,24-25,33-43H2,1-3H3/b10-7-,11-8-,12-9-,16-13-,20-17-,21-18-,22-19-,26-23-,30-27-,31-28-,32-29-. The van der Waals surface area contributed by atoms with Crippen molar-refractivity contribution < 1.29 is 28.6 Å². The van der Waals surface area contributed by atoms with E-state index in [1.165, 1.54) is 0 Å². The van der Waals surface area contributed by atoms with Gasteiger partial charge in [0.1, 0.15) is 13.2 Å². The van der Waals surface area contributed by atoms with Gasteiger partial charge < -0.3 is 14.2 Å². The van der Waals surface area contributed by atoms with Crippen molar-refractivity contribution in [3.05, 3.63) is 134 Å². The number of unbranched alkanes of at least 4 members (excludes halogenated alkanes) is 3. The maximum absolute atomic E-state index is 12.6. The summed E-state index contributed by atoms with van der Waals surface area (Å²) >= 11 is 0. The van der Waals surface area contributed by atoms with Crippen molar-refractivity contribution in [2.45, 2.75) is 130 Å². The molecule has 0 aliphatic rings. The summed E-state index contributed by atoms with van der Waals surface area (Å²) in [6.45, 7) is 6.03. The van der Waals surface area contributed by atoms with Crippen LogP contribution in [-0.2, 0) is 28.6 Å². The van der Waals surface area contributed by atoms with Gasteiger partial charge in [-0.05, 0) is 83.5 Å². The van der Waals surface area contributed by atoms with Gasteiger partial charge in [0.15, 0.2) is 6.10 Å². The molecule has 0 bridgehead atoms. The smallest absolute Gasteiger partial charge is 0.306 e. The monoisotopic (exact) mass is 729 g/mol. The second-order valence-electron chi connectivity index (χ2n) is 12.2. The molecule has 292 valence electrons. The molecule has 0 N–H and O–H groups in total. The van der Waals surface area contributed by atoms with E-state index < -0.39 is 12.1 Å². The van der Waals surface area contributed by atoms with E-state index in [0.717, 1.165) is 64.2 Å². The van der Waals surface area contributed by atoms with Crippen molar-refractivity contribution in [3.8, 4) is 0 Å². The summed E-state index contributed by atoms with van der Waals surface area (Å²) in [6.07, 6.45) is 56.1. The van der Waals surface area contributed by atoms with Crippen LogP contribution in [0.2, 0.25) is 0 Å². The average Bonchev–Trinajstić information content (AvgIpc) is 3.15.